The van der Waals surface area contributed by atoms with Gasteiger partial charge in [-0.25, -0.2) is 13.8 Å². The van der Waals surface area contributed by atoms with Gasteiger partial charge in [-0.3, -0.25) is 0 Å². The second kappa shape index (κ2) is 7.53. The van der Waals surface area contributed by atoms with Crippen LogP contribution in [0.2, 0.25) is 0 Å². The predicted molar refractivity (Wildman–Crippen MR) is 118 cm³/mol. The van der Waals surface area contributed by atoms with E-state index >= 15 is 0 Å². The van der Waals surface area contributed by atoms with E-state index in [4.69, 9.17) is 4.98 Å². The molecule has 0 aliphatic heterocycles. The Bertz CT molecular complexity index is 1330. The lowest BCUT2D eigenvalue weighted by Gasteiger charge is -2.18. The van der Waals surface area contributed by atoms with Crippen molar-refractivity contribution in [3.05, 3.63) is 115 Å². The van der Waals surface area contributed by atoms with Crippen LogP contribution in [0, 0.1) is 11.6 Å². The molecule has 5 rings (SSSR count). The normalized spacial score (nSPS) is 11.0. The Balaban J connectivity index is 1.95. The molecule has 0 N–H and O–H groups in total. The Morgan fingerprint density at radius 2 is 1.00 bits per heavy atom. The van der Waals surface area contributed by atoms with Crippen LogP contribution in [0.3, 0.4) is 0 Å². The number of hydrogen-bond acceptors (Lipinski definition) is 1. The summed E-state index contributed by atoms with van der Waals surface area (Å²) in [5, 5.41) is 0.961. The number of halogens is 2. The fourth-order valence-electron chi connectivity index (χ4n) is 3.83. The number of hydrogen-bond donors (Lipinski definition) is 0. The lowest BCUT2D eigenvalue weighted by Crippen LogP contribution is -1.96. The van der Waals surface area contributed by atoms with Gasteiger partial charge in [0.05, 0.1) is 11.2 Å². The second-order valence-electron chi connectivity index (χ2n) is 7.11. The van der Waals surface area contributed by atoms with E-state index in [1.54, 1.807) is 24.3 Å². The van der Waals surface area contributed by atoms with Crippen LogP contribution in [0.15, 0.2) is 103 Å². The molecule has 1 aromatic heterocycles. The monoisotopic (exact) mass is 393 g/mol. The number of aromatic nitrogens is 1. The first kappa shape index (κ1) is 18.2. The summed E-state index contributed by atoms with van der Waals surface area (Å²) in [6, 6.07) is 30.7. The van der Waals surface area contributed by atoms with Crippen molar-refractivity contribution in [1.29, 1.82) is 0 Å². The van der Waals surface area contributed by atoms with Crippen molar-refractivity contribution >= 4 is 10.9 Å². The van der Waals surface area contributed by atoms with Gasteiger partial charge in [-0.05, 0) is 41.5 Å². The number of para-hydroxylation sites is 1. The molecule has 4 aromatic carbocycles. The number of fused-ring (bicyclic) bond motifs is 1. The first-order valence-corrected chi connectivity index (χ1v) is 9.71. The summed E-state index contributed by atoms with van der Waals surface area (Å²) in [4.78, 5) is 4.98. The van der Waals surface area contributed by atoms with Gasteiger partial charge in [-0.15, -0.1) is 0 Å². The minimum absolute atomic E-state index is 0.288. The maximum Gasteiger partial charge on any atom is 0.123 e. The Morgan fingerprint density at radius 1 is 0.467 bits per heavy atom. The van der Waals surface area contributed by atoms with E-state index in [1.807, 2.05) is 54.6 Å². The molecule has 0 amide bonds. The Hall–Kier alpha value is -3.85. The molecule has 30 heavy (non-hydrogen) atoms. The van der Waals surface area contributed by atoms with Gasteiger partial charge >= 0.3 is 0 Å². The van der Waals surface area contributed by atoms with Gasteiger partial charge in [0.15, 0.2) is 0 Å². The third-order valence-corrected chi connectivity index (χ3v) is 5.21. The van der Waals surface area contributed by atoms with Crippen LogP contribution in [0.25, 0.3) is 44.4 Å². The van der Waals surface area contributed by atoms with Crippen LogP contribution < -0.4 is 0 Å². The largest absolute Gasteiger partial charge is 0.247 e. The van der Waals surface area contributed by atoms with Crippen molar-refractivity contribution in [2.45, 2.75) is 0 Å². The molecule has 0 radical (unpaired) electrons. The fourth-order valence-corrected chi connectivity index (χ4v) is 3.83. The van der Waals surface area contributed by atoms with Crippen LogP contribution in [-0.2, 0) is 0 Å². The summed E-state index contributed by atoms with van der Waals surface area (Å²) >= 11 is 0. The van der Waals surface area contributed by atoms with E-state index in [0.29, 0.717) is 0 Å². The topological polar surface area (TPSA) is 12.9 Å². The van der Waals surface area contributed by atoms with E-state index in [9.17, 15) is 8.78 Å². The summed E-state index contributed by atoms with van der Waals surface area (Å²) in [5.74, 6) is -0.583. The molecule has 5 aromatic rings. The zero-order chi connectivity index (χ0) is 20.5. The molecular formula is C27H17F2N. The van der Waals surface area contributed by atoms with Crippen LogP contribution in [0.1, 0.15) is 0 Å². The summed E-state index contributed by atoms with van der Waals surface area (Å²) in [6.07, 6.45) is 0. The molecule has 0 unspecified atom stereocenters. The minimum Gasteiger partial charge on any atom is -0.247 e. The Morgan fingerprint density at radius 3 is 1.63 bits per heavy atom. The molecule has 0 bridgehead atoms. The Kier molecular flexibility index (Phi) is 4.56. The number of benzene rings is 4. The highest BCUT2D eigenvalue weighted by atomic mass is 19.1. The first-order chi connectivity index (χ1) is 14.7. The zero-order valence-electron chi connectivity index (χ0n) is 16.0. The van der Waals surface area contributed by atoms with Crippen molar-refractivity contribution in [3.63, 3.8) is 0 Å². The molecule has 0 saturated heterocycles. The van der Waals surface area contributed by atoms with Crippen LogP contribution >= 0.6 is 0 Å². The third kappa shape index (κ3) is 3.25. The van der Waals surface area contributed by atoms with Gasteiger partial charge in [-0.1, -0.05) is 72.8 Å². The van der Waals surface area contributed by atoms with Crippen molar-refractivity contribution < 1.29 is 8.78 Å². The summed E-state index contributed by atoms with van der Waals surface area (Å²) in [5.41, 5.74) is 6.20. The number of rotatable bonds is 3. The highest BCUT2D eigenvalue weighted by molar-refractivity contribution is 6.06. The van der Waals surface area contributed by atoms with E-state index in [2.05, 4.69) is 0 Å². The first-order valence-electron chi connectivity index (χ1n) is 9.71. The standard InChI is InChI=1S/C27H17F2N/c28-21-14-10-18(11-15-21)25-23-8-4-5-9-24(23)30-27(20-6-2-1-3-7-20)26(25)19-12-16-22(29)17-13-19/h1-17H. The van der Waals surface area contributed by atoms with Crippen molar-refractivity contribution in [2.75, 3.05) is 0 Å². The average molecular weight is 393 g/mol. The predicted octanol–water partition coefficient (Wildman–Crippen LogP) is 7.51. The highest BCUT2D eigenvalue weighted by Gasteiger charge is 2.19. The fraction of sp³-hybridized carbons (Fsp3) is 0. The van der Waals surface area contributed by atoms with E-state index in [1.165, 1.54) is 24.3 Å². The quantitative estimate of drug-likeness (QED) is 0.309. The lowest BCUT2D eigenvalue weighted by molar-refractivity contribution is 0.627. The smallest absolute Gasteiger partial charge is 0.123 e. The number of pyridine rings is 1. The highest BCUT2D eigenvalue weighted by Crippen LogP contribution is 2.43. The molecule has 0 aliphatic carbocycles. The Labute approximate surface area is 173 Å². The second-order valence-corrected chi connectivity index (χ2v) is 7.11. The maximum absolute atomic E-state index is 13.7. The van der Waals surface area contributed by atoms with Gasteiger partial charge in [0, 0.05) is 22.1 Å². The van der Waals surface area contributed by atoms with Gasteiger partial charge in [-0.2, -0.15) is 0 Å². The van der Waals surface area contributed by atoms with Crippen molar-refractivity contribution in [2.24, 2.45) is 0 Å². The molecule has 144 valence electrons. The maximum atomic E-state index is 13.7. The zero-order valence-corrected chi connectivity index (χ0v) is 16.0. The van der Waals surface area contributed by atoms with E-state index < -0.39 is 0 Å². The van der Waals surface area contributed by atoms with Gasteiger partial charge in [0.2, 0.25) is 0 Å². The molecule has 0 saturated carbocycles. The molecule has 3 heteroatoms. The van der Waals surface area contributed by atoms with E-state index in [-0.39, 0.29) is 11.6 Å². The summed E-state index contributed by atoms with van der Waals surface area (Å²) < 4.78 is 27.4. The van der Waals surface area contributed by atoms with Crippen LogP contribution in [-0.4, -0.2) is 4.98 Å². The molecule has 0 fully saturated rings. The number of nitrogens with zero attached hydrogens (tertiary/aromatic N) is 1. The molecule has 1 nitrogen and oxygen atoms in total. The van der Waals surface area contributed by atoms with Crippen LogP contribution in [0.4, 0.5) is 8.78 Å². The van der Waals surface area contributed by atoms with Gasteiger partial charge in [0.1, 0.15) is 11.6 Å². The third-order valence-electron chi connectivity index (χ3n) is 5.21. The molecule has 1 heterocycles. The minimum atomic E-state index is -0.294. The lowest BCUT2D eigenvalue weighted by atomic mass is 9.88. The summed E-state index contributed by atoms with van der Waals surface area (Å²) in [7, 11) is 0. The van der Waals surface area contributed by atoms with Crippen molar-refractivity contribution in [1.82, 2.24) is 4.98 Å². The van der Waals surface area contributed by atoms with Crippen LogP contribution in [0.5, 0.6) is 0 Å². The molecule has 0 aliphatic rings. The average Bonchev–Trinajstić information content (AvgIpc) is 2.80. The SMILES string of the molecule is Fc1ccc(-c2c(-c3ccccc3)nc3ccccc3c2-c2ccc(F)cc2)cc1. The molecule has 0 atom stereocenters. The van der Waals surface area contributed by atoms with E-state index in [0.717, 1.165) is 44.4 Å². The molecular weight excluding hydrogens is 376 g/mol. The molecule has 0 spiro atoms. The summed E-state index contributed by atoms with van der Waals surface area (Å²) in [6.45, 7) is 0. The van der Waals surface area contributed by atoms with Gasteiger partial charge < -0.3 is 0 Å². The van der Waals surface area contributed by atoms with Crippen molar-refractivity contribution in [3.8, 4) is 33.5 Å². The van der Waals surface area contributed by atoms with Gasteiger partial charge in [0.25, 0.3) is 0 Å².